The molecule has 8 aromatic rings. The van der Waals surface area contributed by atoms with Gasteiger partial charge in [-0.15, -0.1) is 0 Å². The molecular formula is C58H51N. The molecule has 9 rings (SSSR count). The van der Waals surface area contributed by atoms with E-state index in [9.17, 15) is 0 Å². The van der Waals surface area contributed by atoms with E-state index >= 15 is 0 Å². The summed E-state index contributed by atoms with van der Waals surface area (Å²) in [6.45, 7) is 17.7. The van der Waals surface area contributed by atoms with Crippen LogP contribution in [0.25, 0.3) is 55.4 Å². The number of aliphatic imine (C=N–C) groups is 1. The smallest absolute Gasteiger partial charge is 0.0714 e. The first-order chi connectivity index (χ1) is 28.6. The van der Waals surface area contributed by atoms with Crippen molar-refractivity contribution in [1.82, 2.24) is 0 Å². The highest BCUT2D eigenvalue weighted by Gasteiger charge is 2.35. The van der Waals surface area contributed by atoms with Crippen LogP contribution in [0.4, 0.5) is 0 Å². The molecule has 0 bridgehead atoms. The van der Waals surface area contributed by atoms with Gasteiger partial charge in [-0.3, -0.25) is 0 Å². The molecule has 0 atom stereocenters. The van der Waals surface area contributed by atoms with Gasteiger partial charge < -0.3 is 0 Å². The van der Waals surface area contributed by atoms with Crippen LogP contribution >= 0.6 is 0 Å². The maximum atomic E-state index is 5.04. The molecule has 0 saturated carbocycles. The quantitative estimate of drug-likeness (QED) is 0.143. The number of hydrogen-bond donors (Lipinski definition) is 0. The van der Waals surface area contributed by atoms with Gasteiger partial charge in [-0.25, -0.2) is 4.99 Å². The Kier molecular flexibility index (Phi) is 11.0. The lowest BCUT2D eigenvalue weighted by molar-refractivity contribution is 0.660. The van der Waals surface area contributed by atoms with Crippen molar-refractivity contribution >= 4 is 27.8 Å². The summed E-state index contributed by atoms with van der Waals surface area (Å²) in [5.74, 6) is 0. The van der Waals surface area contributed by atoms with Crippen LogP contribution in [0.5, 0.6) is 0 Å². The lowest BCUT2D eigenvalue weighted by Gasteiger charge is -2.22. The predicted octanol–water partition coefficient (Wildman–Crippen LogP) is 15.7. The number of hydrogen-bond acceptors (Lipinski definition) is 1. The molecule has 0 fully saturated rings. The maximum Gasteiger partial charge on any atom is 0.0714 e. The summed E-state index contributed by atoms with van der Waals surface area (Å²) in [5.41, 5.74) is 20.9. The predicted molar refractivity (Wildman–Crippen MR) is 255 cm³/mol. The Hall–Kier alpha value is -6.83. The number of aryl methyl sites for hydroxylation is 3. The van der Waals surface area contributed by atoms with Crippen LogP contribution in [0.1, 0.15) is 65.3 Å². The zero-order valence-electron chi connectivity index (χ0n) is 35.1. The van der Waals surface area contributed by atoms with E-state index in [2.05, 4.69) is 200 Å². The third-order valence-electron chi connectivity index (χ3n) is 11.9. The molecule has 0 heterocycles. The van der Waals surface area contributed by atoms with Gasteiger partial charge in [-0.2, -0.15) is 0 Å². The van der Waals surface area contributed by atoms with Crippen molar-refractivity contribution in [3.05, 3.63) is 239 Å². The SMILES string of the molecule is C=C(N=C(/C=C(\C)c1ccccc1)c1ccc(-c2cccc3ccccc23)cc1C)c1ccccc1.Cc1ccccc1-c1cc2c(cc1C)C(C)(C)c1ccccc1-2. The molecule has 0 unspecified atom stereocenters. The molecule has 1 heteroatoms. The second-order valence-corrected chi connectivity index (χ2v) is 16.3. The number of rotatable bonds is 7. The Morgan fingerprint density at radius 2 is 1.10 bits per heavy atom. The summed E-state index contributed by atoms with van der Waals surface area (Å²) < 4.78 is 0. The van der Waals surface area contributed by atoms with Crippen molar-refractivity contribution in [3.8, 4) is 33.4 Å². The summed E-state index contributed by atoms with van der Waals surface area (Å²) >= 11 is 0. The fourth-order valence-electron chi connectivity index (χ4n) is 8.62. The number of allylic oxidation sites excluding steroid dienone is 2. The summed E-state index contributed by atoms with van der Waals surface area (Å²) in [7, 11) is 0. The molecule has 0 amide bonds. The largest absolute Gasteiger partial charge is 0.248 e. The zero-order valence-corrected chi connectivity index (χ0v) is 35.1. The van der Waals surface area contributed by atoms with Crippen molar-refractivity contribution in [3.63, 3.8) is 0 Å². The third kappa shape index (κ3) is 7.90. The van der Waals surface area contributed by atoms with Crippen molar-refractivity contribution < 1.29 is 0 Å². The van der Waals surface area contributed by atoms with E-state index in [1.165, 1.54) is 77.5 Å². The number of fused-ring (bicyclic) bond motifs is 4. The average Bonchev–Trinajstić information content (AvgIpc) is 3.48. The van der Waals surface area contributed by atoms with Crippen LogP contribution in [-0.4, -0.2) is 5.71 Å². The first-order valence-electron chi connectivity index (χ1n) is 20.6. The highest BCUT2D eigenvalue weighted by molar-refractivity contribution is 6.15. The Morgan fingerprint density at radius 1 is 0.492 bits per heavy atom. The van der Waals surface area contributed by atoms with Gasteiger partial charge in [0.25, 0.3) is 0 Å². The Balaban J connectivity index is 0.000000180. The summed E-state index contributed by atoms with van der Waals surface area (Å²) in [6.07, 6.45) is 2.17. The molecule has 0 spiro atoms. The van der Waals surface area contributed by atoms with E-state index in [4.69, 9.17) is 4.99 Å². The number of nitrogens with zero attached hydrogens (tertiary/aromatic N) is 1. The van der Waals surface area contributed by atoms with Gasteiger partial charge in [-0.1, -0.05) is 196 Å². The summed E-state index contributed by atoms with van der Waals surface area (Å²) in [5, 5.41) is 2.51. The van der Waals surface area contributed by atoms with Gasteiger partial charge in [0, 0.05) is 11.0 Å². The lowest BCUT2D eigenvalue weighted by Crippen LogP contribution is -2.15. The average molecular weight is 762 g/mol. The van der Waals surface area contributed by atoms with Gasteiger partial charge in [0.1, 0.15) is 0 Å². The molecule has 1 aliphatic carbocycles. The molecule has 0 saturated heterocycles. The second kappa shape index (κ2) is 16.6. The van der Waals surface area contributed by atoms with Crippen LogP contribution in [0.2, 0.25) is 0 Å². The Bertz CT molecular complexity index is 2880. The molecule has 288 valence electrons. The summed E-state index contributed by atoms with van der Waals surface area (Å²) in [6, 6.07) is 64.6. The van der Waals surface area contributed by atoms with Crippen molar-refractivity contribution in [2.75, 3.05) is 0 Å². The van der Waals surface area contributed by atoms with E-state index < -0.39 is 0 Å². The fourth-order valence-corrected chi connectivity index (χ4v) is 8.62. The summed E-state index contributed by atoms with van der Waals surface area (Å²) in [4.78, 5) is 5.04. The molecule has 0 radical (unpaired) electrons. The van der Waals surface area contributed by atoms with Crippen LogP contribution in [0.15, 0.2) is 200 Å². The molecular weight excluding hydrogens is 711 g/mol. The van der Waals surface area contributed by atoms with Gasteiger partial charge in [0.05, 0.1) is 11.4 Å². The van der Waals surface area contributed by atoms with Gasteiger partial charge >= 0.3 is 0 Å². The normalized spacial score (nSPS) is 13.0. The molecule has 1 aliphatic rings. The third-order valence-corrected chi connectivity index (χ3v) is 11.9. The van der Waals surface area contributed by atoms with Crippen LogP contribution in [0, 0.1) is 20.8 Å². The zero-order chi connectivity index (χ0) is 41.1. The number of benzene rings is 8. The topological polar surface area (TPSA) is 12.4 Å². The minimum absolute atomic E-state index is 0.0843. The first-order valence-corrected chi connectivity index (χ1v) is 20.6. The highest BCUT2D eigenvalue weighted by Crippen LogP contribution is 2.50. The molecule has 0 aromatic heterocycles. The molecule has 0 aliphatic heterocycles. The van der Waals surface area contributed by atoms with Crippen molar-refractivity contribution in [1.29, 1.82) is 0 Å². The molecule has 59 heavy (non-hydrogen) atoms. The maximum absolute atomic E-state index is 5.04. The van der Waals surface area contributed by atoms with E-state index in [0.29, 0.717) is 0 Å². The van der Waals surface area contributed by atoms with E-state index in [0.717, 1.165) is 28.1 Å². The highest BCUT2D eigenvalue weighted by atomic mass is 14.8. The molecule has 8 aromatic carbocycles. The Morgan fingerprint density at radius 3 is 1.83 bits per heavy atom. The minimum Gasteiger partial charge on any atom is -0.248 e. The van der Waals surface area contributed by atoms with Crippen molar-refractivity contribution in [2.24, 2.45) is 4.99 Å². The standard InChI is InChI=1S/C35H29N.C23H22/c1-25(28-13-6-4-7-14-28)24-35(36-27(3)29-15-8-5-9-16-29)32-22-21-31(23-26(32)2)34-20-12-18-30-17-10-11-19-33(30)34;1-15-9-5-6-10-17(15)19-14-20-18-11-7-8-12-21(18)23(3,4)22(20)13-16(19)2/h4-24H,3H2,1-2H3;5-14H,1-4H3/b25-24+,36-35?;. The van der Waals surface area contributed by atoms with E-state index in [-0.39, 0.29) is 5.41 Å². The van der Waals surface area contributed by atoms with E-state index in [1.54, 1.807) is 0 Å². The second-order valence-electron chi connectivity index (χ2n) is 16.3. The molecule has 1 nitrogen and oxygen atoms in total. The minimum atomic E-state index is 0.0843. The van der Waals surface area contributed by atoms with Crippen LogP contribution in [0.3, 0.4) is 0 Å². The van der Waals surface area contributed by atoms with Crippen LogP contribution in [-0.2, 0) is 5.41 Å². The van der Waals surface area contributed by atoms with Gasteiger partial charge in [0.2, 0.25) is 0 Å². The lowest BCUT2D eigenvalue weighted by atomic mass is 9.81. The fraction of sp³-hybridized carbons (Fsp3) is 0.121. The van der Waals surface area contributed by atoms with Crippen LogP contribution < -0.4 is 0 Å². The van der Waals surface area contributed by atoms with Crippen molar-refractivity contribution in [2.45, 2.75) is 47.0 Å². The van der Waals surface area contributed by atoms with Gasteiger partial charge in [-0.05, 0) is 129 Å². The Labute approximate surface area is 350 Å². The monoisotopic (exact) mass is 761 g/mol. The van der Waals surface area contributed by atoms with Gasteiger partial charge in [0.15, 0.2) is 0 Å². The van der Waals surface area contributed by atoms with E-state index in [1.807, 2.05) is 36.4 Å². The molecule has 0 N–H and O–H groups in total. The first kappa shape index (κ1) is 39.0.